The Balaban J connectivity index is 1.81. The maximum absolute atomic E-state index is 12.2. The van der Waals surface area contributed by atoms with Crippen molar-refractivity contribution in [3.63, 3.8) is 0 Å². The summed E-state index contributed by atoms with van der Waals surface area (Å²) in [6.07, 6.45) is 0. The van der Waals surface area contributed by atoms with Crippen LogP contribution in [0.1, 0.15) is 12.5 Å². The van der Waals surface area contributed by atoms with Crippen molar-refractivity contribution in [1.29, 1.82) is 0 Å². The van der Waals surface area contributed by atoms with Gasteiger partial charge in [0.2, 0.25) is 5.91 Å². The molecule has 5 heteroatoms. The van der Waals surface area contributed by atoms with E-state index in [4.69, 9.17) is 11.6 Å². The molecular weight excluding hydrogens is 280 g/mol. The van der Waals surface area contributed by atoms with Crippen molar-refractivity contribution in [2.75, 3.05) is 26.2 Å². The lowest BCUT2D eigenvalue weighted by atomic mass is 10.2. The Morgan fingerprint density at radius 1 is 1.37 bits per heavy atom. The quantitative estimate of drug-likeness (QED) is 0.926. The van der Waals surface area contributed by atoms with Crippen molar-refractivity contribution in [2.24, 2.45) is 0 Å². The van der Waals surface area contributed by atoms with E-state index in [9.17, 15) is 4.79 Å². The summed E-state index contributed by atoms with van der Waals surface area (Å²) in [6.45, 7) is 5.45. The lowest BCUT2D eigenvalue weighted by molar-refractivity contribution is -0.130. The molecule has 1 amide bonds. The molecule has 2 rings (SSSR count). The molecule has 1 aromatic rings. The summed E-state index contributed by atoms with van der Waals surface area (Å²) in [5, 5.41) is 4.02. The molecule has 1 atom stereocenters. The zero-order chi connectivity index (χ0) is 13.7. The first-order chi connectivity index (χ1) is 9.16. The van der Waals surface area contributed by atoms with Crippen molar-refractivity contribution in [2.45, 2.75) is 17.9 Å². The Morgan fingerprint density at radius 2 is 2.00 bits per heavy atom. The molecule has 0 bridgehead atoms. The van der Waals surface area contributed by atoms with Gasteiger partial charge in [-0.25, -0.2) is 0 Å². The lowest BCUT2D eigenvalue weighted by Crippen LogP contribution is -2.48. The zero-order valence-corrected chi connectivity index (χ0v) is 12.6. The zero-order valence-electron chi connectivity index (χ0n) is 11.1. The van der Waals surface area contributed by atoms with Crippen LogP contribution in [0.15, 0.2) is 24.3 Å². The maximum Gasteiger partial charge on any atom is 0.235 e. The third kappa shape index (κ3) is 4.41. The number of nitrogens with zero attached hydrogens (tertiary/aromatic N) is 1. The molecule has 1 heterocycles. The number of hydrogen-bond acceptors (Lipinski definition) is 3. The van der Waals surface area contributed by atoms with Crippen molar-refractivity contribution in [1.82, 2.24) is 10.2 Å². The number of rotatable bonds is 4. The molecule has 0 radical (unpaired) electrons. The van der Waals surface area contributed by atoms with Crippen LogP contribution in [-0.4, -0.2) is 42.2 Å². The molecule has 0 aliphatic carbocycles. The van der Waals surface area contributed by atoms with Gasteiger partial charge in [0.1, 0.15) is 0 Å². The van der Waals surface area contributed by atoms with Gasteiger partial charge in [-0.1, -0.05) is 23.7 Å². The van der Waals surface area contributed by atoms with Crippen molar-refractivity contribution in [3.05, 3.63) is 34.9 Å². The van der Waals surface area contributed by atoms with E-state index >= 15 is 0 Å². The van der Waals surface area contributed by atoms with Gasteiger partial charge in [0, 0.05) is 37.0 Å². The van der Waals surface area contributed by atoms with Gasteiger partial charge < -0.3 is 10.2 Å². The van der Waals surface area contributed by atoms with Gasteiger partial charge in [0.05, 0.1) is 5.25 Å². The first kappa shape index (κ1) is 14.7. The van der Waals surface area contributed by atoms with Crippen molar-refractivity contribution >= 4 is 29.3 Å². The Hall–Kier alpha value is -0.710. The molecule has 1 N–H and O–H groups in total. The predicted octanol–water partition coefficient (Wildman–Crippen LogP) is 2.39. The number of carbonyl (C=O) groups excluding carboxylic acids is 1. The van der Waals surface area contributed by atoms with E-state index < -0.39 is 0 Å². The van der Waals surface area contributed by atoms with Gasteiger partial charge in [0.15, 0.2) is 0 Å². The van der Waals surface area contributed by atoms with Gasteiger partial charge >= 0.3 is 0 Å². The SMILES string of the molecule is CC(SCc1ccc(Cl)cc1)C(=O)N1CCNCC1. The fourth-order valence-electron chi connectivity index (χ4n) is 2.02. The first-order valence-corrected chi connectivity index (χ1v) is 7.95. The second kappa shape index (κ2) is 7.17. The second-order valence-corrected chi connectivity index (χ2v) is 6.42. The average Bonchev–Trinajstić information content (AvgIpc) is 2.46. The molecule has 1 aromatic carbocycles. The van der Waals surface area contributed by atoms with Crippen LogP contribution in [0.4, 0.5) is 0 Å². The van der Waals surface area contributed by atoms with Crippen molar-refractivity contribution in [3.8, 4) is 0 Å². The summed E-state index contributed by atoms with van der Waals surface area (Å²) in [6, 6.07) is 7.80. The second-order valence-electron chi connectivity index (χ2n) is 4.65. The van der Waals surface area contributed by atoms with Gasteiger partial charge in [0.25, 0.3) is 0 Å². The number of piperazine rings is 1. The number of amides is 1. The lowest BCUT2D eigenvalue weighted by Gasteiger charge is -2.29. The van der Waals surface area contributed by atoms with Crippen LogP contribution in [-0.2, 0) is 10.5 Å². The molecule has 1 unspecified atom stereocenters. The Kier molecular flexibility index (Phi) is 5.55. The highest BCUT2D eigenvalue weighted by Gasteiger charge is 2.22. The molecule has 0 spiro atoms. The topological polar surface area (TPSA) is 32.3 Å². The molecule has 1 aliphatic rings. The Morgan fingerprint density at radius 3 is 2.63 bits per heavy atom. The normalized spacial score (nSPS) is 17.3. The van der Waals surface area contributed by atoms with E-state index in [1.54, 1.807) is 11.8 Å². The molecular formula is C14H19ClN2OS. The molecule has 1 aliphatic heterocycles. The summed E-state index contributed by atoms with van der Waals surface area (Å²) in [4.78, 5) is 14.2. The number of benzene rings is 1. The monoisotopic (exact) mass is 298 g/mol. The van der Waals surface area contributed by atoms with E-state index in [1.807, 2.05) is 36.1 Å². The Bertz CT molecular complexity index is 418. The minimum atomic E-state index is 0.00813. The van der Waals surface area contributed by atoms with Crippen LogP contribution in [0.5, 0.6) is 0 Å². The minimum Gasteiger partial charge on any atom is -0.339 e. The van der Waals surface area contributed by atoms with E-state index in [0.717, 1.165) is 37.0 Å². The highest BCUT2D eigenvalue weighted by Crippen LogP contribution is 2.20. The molecule has 0 saturated carbocycles. The van der Waals surface area contributed by atoms with Crippen LogP contribution >= 0.6 is 23.4 Å². The maximum atomic E-state index is 12.2. The van der Waals surface area contributed by atoms with Gasteiger partial charge in [-0.3, -0.25) is 4.79 Å². The molecule has 104 valence electrons. The molecule has 0 aromatic heterocycles. The van der Waals surface area contributed by atoms with Crippen LogP contribution in [0.2, 0.25) is 5.02 Å². The first-order valence-electron chi connectivity index (χ1n) is 6.52. The summed E-state index contributed by atoms with van der Waals surface area (Å²) in [7, 11) is 0. The molecule has 19 heavy (non-hydrogen) atoms. The predicted molar refractivity (Wildman–Crippen MR) is 81.7 cm³/mol. The fraction of sp³-hybridized carbons (Fsp3) is 0.500. The van der Waals surface area contributed by atoms with Gasteiger partial charge in [-0.2, -0.15) is 0 Å². The van der Waals surface area contributed by atoms with E-state index in [-0.39, 0.29) is 11.2 Å². The number of thioether (sulfide) groups is 1. The number of hydrogen-bond donors (Lipinski definition) is 1. The van der Waals surface area contributed by atoms with Crippen LogP contribution in [0.3, 0.4) is 0 Å². The van der Waals surface area contributed by atoms with Crippen LogP contribution < -0.4 is 5.32 Å². The number of carbonyl (C=O) groups is 1. The van der Waals surface area contributed by atoms with E-state index in [0.29, 0.717) is 0 Å². The summed E-state index contributed by atoms with van der Waals surface area (Å²) < 4.78 is 0. The summed E-state index contributed by atoms with van der Waals surface area (Å²) in [5.41, 5.74) is 1.20. The van der Waals surface area contributed by atoms with Gasteiger partial charge in [-0.05, 0) is 24.6 Å². The Labute approximate surface area is 123 Å². The molecule has 3 nitrogen and oxygen atoms in total. The molecule has 1 fully saturated rings. The number of halogens is 1. The standard InChI is InChI=1S/C14H19ClN2OS/c1-11(14(18)17-8-6-16-7-9-17)19-10-12-2-4-13(15)5-3-12/h2-5,11,16H,6-10H2,1H3. The smallest absolute Gasteiger partial charge is 0.235 e. The average molecular weight is 299 g/mol. The van der Waals surface area contributed by atoms with Crippen LogP contribution in [0.25, 0.3) is 0 Å². The fourth-order valence-corrected chi connectivity index (χ4v) is 3.07. The minimum absolute atomic E-state index is 0.00813. The number of nitrogens with one attached hydrogen (secondary N) is 1. The molecule has 1 saturated heterocycles. The highest BCUT2D eigenvalue weighted by molar-refractivity contribution is 7.99. The third-order valence-electron chi connectivity index (χ3n) is 3.19. The summed E-state index contributed by atoms with van der Waals surface area (Å²) in [5.74, 6) is 1.09. The van der Waals surface area contributed by atoms with Crippen molar-refractivity contribution < 1.29 is 4.79 Å². The van der Waals surface area contributed by atoms with E-state index in [2.05, 4.69) is 5.32 Å². The van der Waals surface area contributed by atoms with Crippen LogP contribution in [0, 0.1) is 0 Å². The van der Waals surface area contributed by atoms with E-state index in [1.165, 1.54) is 5.56 Å². The third-order valence-corrected chi connectivity index (χ3v) is 4.64. The largest absolute Gasteiger partial charge is 0.339 e. The van der Waals surface area contributed by atoms with Gasteiger partial charge in [-0.15, -0.1) is 11.8 Å². The highest BCUT2D eigenvalue weighted by atomic mass is 35.5. The summed E-state index contributed by atoms with van der Waals surface area (Å²) >= 11 is 7.54.